The van der Waals surface area contributed by atoms with Gasteiger partial charge < -0.3 is 0 Å². The lowest BCUT2D eigenvalue weighted by Crippen LogP contribution is -1.83. The Bertz CT molecular complexity index is 654. The maximum absolute atomic E-state index is 4.48. The van der Waals surface area contributed by atoms with Crippen molar-refractivity contribution < 1.29 is 0 Å². The Kier molecular flexibility index (Phi) is 3.33. The molecule has 4 nitrogen and oxygen atoms in total. The summed E-state index contributed by atoms with van der Waals surface area (Å²) < 4.78 is 0. The Hall–Kier alpha value is -0.960. The normalized spacial score (nSPS) is 10.8. The molecule has 0 aliphatic rings. The molecule has 0 N–H and O–H groups in total. The van der Waals surface area contributed by atoms with Gasteiger partial charge in [-0.05, 0) is 46.7 Å². The van der Waals surface area contributed by atoms with Gasteiger partial charge in [0.1, 0.15) is 9.66 Å². The second-order valence-corrected chi connectivity index (χ2v) is 7.83. The zero-order chi connectivity index (χ0) is 12.5. The van der Waals surface area contributed by atoms with Gasteiger partial charge in [0.25, 0.3) is 0 Å². The highest BCUT2D eigenvalue weighted by atomic mass is 32.9. The van der Waals surface area contributed by atoms with E-state index in [2.05, 4.69) is 19.9 Å². The van der Waals surface area contributed by atoms with E-state index >= 15 is 0 Å². The van der Waals surface area contributed by atoms with Crippen LogP contribution in [-0.4, -0.2) is 19.9 Å². The molecular weight excluding hydrogens is 304 g/mol. The van der Waals surface area contributed by atoms with E-state index in [1.54, 1.807) is 20.7 Å². The summed E-state index contributed by atoms with van der Waals surface area (Å²) >= 11 is 0. The number of hydrogen-bond acceptors (Lipinski definition) is 8. The maximum Gasteiger partial charge on any atom is 0.220 e. The van der Waals surface area contributed by atoms with Crippen LogP contribution in [0.3, 0.4) is 0 Å². The van der Waals surface area contributed by atoms with Crippen LogP contribution in [0, 0.1) is 13.8 Å². The van der Waals surface area contributed by atoms with Crippen molar-refractivity contribution in [2.75, 3.05) is 0 Å². The highest BCUT2D eigenvalue weighted by Crippen LogP contribution is 2.20. The predicted molar refractivity (Wildman–Crippen MR) is 80.1 cm³/mol. The zero-order valence-corrected chi connectivity index (χ0v) is 12.8. The van der Waals surface area contributed by atoms with E-state index < -0.39 is 0 Å². The second kappa shape index (κ2) is 4.96. The van der Waals surface area contributed by atoms with Crippen LogP contribution in [0.15, 0.2) is 12.1 Å². The van der Waals surface area contributed by atoms with Crippen molar-refractivity contribution in [2.24, 2.45) is 0 Å². The SMILES string of the molecule is Cc1cc2nc(n1)ssc1cc(C)nc(n1)ss2. The van der Waals surface area contributed by atoms with Crippen molar-refractivity contribution in [1.82, 2.24) is 19.9 Å². The standard InChI is InChI=1S/C10H8N4S4/c1-5-3-7-13-9(11-5)17-16-8-4-6(2)12-10(14-8)18-15-7/h3-4H,1-2H3. The van der Waals surface area contributed by atoms with Crippen LogP contribution in [0.2, 0.25) is 0 Å². The Balaban J connectivity index is 2.45. The van der Waals surface area contributed by atoms with Crippen molar-refractivity contribution >= 4 is 60.9 Å². The number of aromatic nitrogens is 4. The van der Waals surface area contributed by atoms with Gasteiger partial charge in [0, 0.05) is 11.4 Å². The first kappa shape index (κ1) is 12.1. The third-order valence-corrected chi connectivity index (χ3v) is 6.03. The third-order valence-electron chi connectivity index (χ3n) is 2.02. The van der Waals surface area contributed by atoms with E-state index in [0.717, 1.165) is 31.0 Å². The average molecular weight is 312 g/mol. The Morgan fingerprint density at radius 3 is 1.56 bits per heavy atom. The zero-order valence-electron chi connectivity index (χ0n) is 9.58. The van der Waals surface area contributed by atoms with E-state index in [-0.39, 0.29) is 0 Å². The van der Waals surface area contributed by atoms with Crippen molar-refractivity contribution in [3.63, 3.8) is 0 Å². The minimum Gasteiger partial charge on any atom is -0.224 e. The molecule has 0 saturated heterocycles. The van der Waals surface area contributed by atoms with Gasteiger partial charge in [0.15, 0.2) is 0 Å². The fourth-order valence-corrected chi connectivity index (χ4v) is 5.02. The molecule has 18 heavy (non-hydrogen) atoms. The smallest absolute Gasteiger partial charge is 0.220 e. The van der Waals surface area contributed by atoms with Crippen LogP contribution < -0.4 is 0 Å². The molecule has 0 radical (unpaired) electrons. The first-order valence-electron chi connectivity index (χ1n) is 5.09. The summed E-state index contributed by atoms with van der Waals surface area (Å²) in [7, 11) is 6.21. The lowest BCUT2D eigenvalue weighted by atomic mass is 10.5. The van der Waals surface area contributed by atoms with Crippen LogP contribution in [-0.2, 0) is 0 Å². The molecule has 0 aromatic carbocycles. The van der Waals surface area contributed by atoms with Gasteiger partial charge in [-0.2, -0.15) is 0 Å². The summed E-state index contributed by atoms with van der Waals surface area (Å²) in [5, 5.41) is 0. The fraction of sp³-hybridized carbons (Fsp3) is 0.200. The molecular formula is C10H8N4S4. The van der Waals surface area contributed by atoms with Crippen molar-refractivity contribution in [3.05, 3.63) is 23.5 Å². The molecule has 0 spiro atoms. The average Bonchev–Trinajstić information content (AvgIpc) is 2.32. The summed E-state index contributed by atoms with van der Waals surface area (Å²) in [4.78, 5) is 21.2. The Morgan fingerprint density at radius 1 is 0.667 bits per heavy atom. The molecule has 8 heteroatoms. The molecule has 0 aliphatic heterocycles. The molecule has 4 bridgehead atoms. The molecule has 3 rings (SSSR count). The predicted octanol–water partition coefficient (Wildman–Crippen LogP) is 4.12. The minimum atomic E-state index is 0.780. The first-order valence-corrected chi connectivity index (χ1v) is 9.39. The topological polar surface area (TPSA) is 51.6 Å². The van der Waals surface area contributed by atoms with E-state index in [4.69, 9.17) is 0 Å². The van der Waals surface area contributed by atoms with E-state index in [1.165, 1.54) is 20.7 Å². The van der Waals surface area contributed by atoms with Crippen molar-refractivity contribution in [1.29, 1.82) is 0 Å². The number of aryl methyl sites for hydroxylation is 2. The summed E-state index contributed by atoms with van der Waals surface area (Å²) in [5.41, 5.74) is 1.97. The van der Waals surface area contributed by atoms with Crippen LogP contribution >= 0.6 is 41.4 Å². The van der Waals surface area contributed by atoms with E-state index in [9.17, 15) is 0 Å². The highest BCUT2D eigenvalue weighted by Gasteiger charge is 1.97. The van der Waals surface area contributed by atoms with Gasteiger partial charge in [-0.1, -0.05) is 20.7 Å². The van der Waals surface area contributed by atoms with Crippen LogP contribution in [0.4, 0.5) is 0 Å². The van der Waals surface area contributed by atoms with Gasteiger partial charge in [0.2, 0.25) is 9.92 Å². The van der Waals surface area contributed by atoms with Gasteiger partial charge in [-0.15, -0.1) is 0 Å². The van der Waals surface area contributed by atoms with Crippen LogP contribution in [0.1, 0.15) is 11.4 Å². The van der Waals surface area contributed by atoms with Gasteiger partial charge in [-0.3, -0.25) is 0 Å². The lowest BCUT2D eigenvalue weighted by molar-refractivity contribution is 1.22. The fourth-order valence-electron chi connectivity index (χ4n) is 1.35. The number of rotatable bonds is 0. The van der Waals surface area contributed by atoms with Crippen LogP contribution in [0.5, 0.6) is 0 Å². The molecule has 0 fully saturated rings. The Labute approximate surface area is 118 Å². The maximum atomic E-state index is 4.48. The largest absolute Gasteiger partial charge is 0.224 e. The molecule has 92 valence electrons. The highest BCUT2D eigenvalue weighted by molar-refractivity contribution is 7.73. The van der Waals surface area contributed by atoms with E-state index in [0.29, 0.717) is 0 Å². The lowest BCUT2D eigenvalue weighted by Gasteiger charge is -1.94. The Morgan fingerprint density at radius 2 is 1.11 bits per heavy atom. The van der Waals surface area contributed by atoms with Crippen molar-refractivity contribution in [3.8, 4) is 0 Å². The van der Waals surface area contributed by atoms with Gasteiger partial charge >= 0.3 is 0 Å². The second-order valence-electron chi connectivity index (χ2n) is 3.59. The number of nitrogens with zero attached hydrogens (tertiary/aromatic N) is 4. The molecule has 3 heterocycles. The molecule has 0 atom stereocenters. The number of hydrogen-bond donors (Lipinski definition) is 0. The minimum absolute atomic E-state index is 0.780. The summed E-state index contributed by atoms with van der Waals surface area (Å²) in [5.74, 6) is 0. The molecule has 0 saturated carbocycles. The monoisotopic (exact) mass is 312 g/mol. The molecule has 3 aromatic heterocycles. The molecule has 0 unspecified atom stereocenters. The third kappa shape index (κ3) is 2.72. The van der Waals surface area contributed by atoms with Gasteiger partial charge in [-0.25, -0.2) is 19.9 Å². The molecule has 0 amide bonds. The summed E-state index contributed by atoms with van der Waals surface area (Å²) in [6.45, 7) is 3.97. The molecule has 0 aliphatic carbocycles. The quantitative estimate of drug-likeness (QED) is 0.586. The first-order chi connectivity index (χ1) is 8.69. The van der Waals surface area contributed by atoms with E-state index in [1.807, 2.05) is 26.0 Å². The number of fused-ring (bicyclic) bond motifs is 4. The van der Waals surface area contributed by atoms with Crippen LogP contribution in [0.25, 0.3) is 19.6 Å². The van der Waals surface area contributed by atoms with Gasteiger partial charge in [0.05, 0.1) is 0 Å². The molecule has 3 aromatic rings. The van der Waals surface area contributed by atoms with Crippen molar-refractivity contribution in [2.45, 2.75) is 13.8 Å². The summed E-state index contributed by atoms with van der Waals surface area (Å²) in [6.07, 6.45) is 0. The summed E-state index contributed by atoms with van der Waals surface area (Å²) in [6, 6.07) is 3.95.